The van der Waals surface area contributed by atoms with Crippen LogP contribution in [0, 0.1) is 6.92 Å². The van der Waals surface area contributed by atoms with Crippen molar-refractivity contribution < 1.29 is 0 Å². The van der Waals surface area contributed by atoms with Crippen LogP contribution < -0.4 is 5.73 Å². The van der Waals surface area contributed by atoms with E-state index in [1.807, 2.05) is 34.6 Å². The van der Waals surface area contributed by atoms with Crippen molar-refractivity contribution in [2.24, 2.45) is 0 Å². The standard InChI is InChI=1S/C13H16N6/c1-10-3-4-16-12-11(10)17-13(14)19(12)7-2-6-18-8-5-15-9-18/h3-5,8-9H,2,6-7H2,1H3,(H2,14,17). The van der Waals surface area contributed by atoms with Crippen LogP contribution in [0.3, 0.4) is 0 Å². The minimum absolute atomic E-state index is 0.530. The third-order valence-corrected chi connectivity index (χ3v) is 3.22. The van der Waals surface area contributed by atoms with Crippen LogP contribution in [0.15, 0.2) is 31.0 Å². The van der Waals surface area contributed by atoms with Crippen molar-refractivity contribution in [3.8, 4) is 0 Å². The van der Waals surface area contributed by atoms with Gasteiger partial charge in [-0.05, 0) is 25.0 Å². The Kier molecular flexibility index (Phi) is 2.91. The van der Waals surface area contributed by atoms with Gasteiger partial charge in [0.2, 0.25) is 5.95 Å². The summed E-state index contributed by atoms with van der Waals surface area (Å²) in [5.74, 6) is 0.530. The average Bonchev–Trinajstić information content (AvgIpc) is 3.00. The van der Waals surface area contributed by atoms with Crippen LogP contribution in [0.1, 0.15) is 12.0 Å². The number of nitrogen functional groups attached to an aromatic ring is 1. The predicted octanol–water partition coefficient (Wildman–Crippen LogP) is 1.61. The van der Waals surface area contributed by atoms with E-state index >= 15 is 0 Å². The number of aromatic nitrogens is 5. The predicted molar refractivity (Wildman–Crippen MR) is 73.5 cm³/mol. The lowest BCUT2D eigenvalue weighted by Gasteiger charge is -2.06. The molecule has 0 aliphatic carbocycles. The van der Waals surface area contributed by atoms with Crippen LogP contribution in [-0.4, -0.2) is 24.1 Å². The Hall–Kier alpha value is -2.37. The summed E-state index contributed by atoms with van der Waals surface area (Å²) in [4.78, 5) is 12.8. The quantitative estimate of drug-likeness (QED) is 0.769. The van der Waals surface area contributed by atoms with E-state index in [0.717, 1.165) is 36.2 Å². The van der Waals surface area contributed by atoms with Crippen LogP contribution in [0.5, 0.6) is 0 Å². The monoisotopic (exact) mass is 256 g/mol. The second kappa shape index (κ2) is 4.72. The molecule has 0 aliphatic rings. The van der Waals surface area contributed by atoms with E-state index in [1.54, 1.807) is 12.4 Å². The number of hydrogen-bond donors (Lipinski definition) is 1. The fourth-order valence-corrected chi connectivity index (χ4v) is 2.21. The maximum absolute atomic E-state index is 5.97. The van der Waals surface area contributed by atoms with E-state index < -0.39 is 0 Å². The van der Waals surface area contributed by atoms with Crippen LogP contribution in [-0.2, 0) is 13.1 Å². The Morgan fingerprint density at radius 2 is 2.16 bits per heavy atom. The highest BCUT2D eigenvalue weighted by atomic mass is 15.2. The van der Waals surface area contributed by atoms with Crippen molar-refractivity contribution in [2.45, 2.75) is 26.4 Å². The van der Waals surface area contributed by atoms with E-state index in [-0.39, 0.29) is 0 Å². The zero-order valence-corrected chi connectivity index (χ0v) is 10.8. The molecule has 0 saturated carbocycles. The molecule has 0 amide bonds. The summed E-state index contributed by atoms with van der Waals surface area (Å²) in [6.07, 6.45) is 8.31. The van der Waals surface area contributed by atoms with Crippen molar-refractivity contribution in [3.63, 3.8) is 0 Å². The average molecular weight is 256 g/mol. The zero-order chi connectivity index (χ0) is 13.2. The Balaban J connectivity index is 1.81. The molecule has 0 unspecified atom stereocenters. The molecule has 3 heterocycles. The maximum Gasteiger partial charge on any atom is 0.202 e. The lowest BCUT2D eigenvalue weighted by atomic mass is 10.3. The first-order chi connectivity index (χ1) is 9.25. The van der Waals surface area contributed by atoms with Gasteiger partial charge in [-0.3, -0.25) is 4.57 Å². The Morgan fingerprint density at radius 1 is 1.26 bits per heavy atom. The Bertz CT molecular complexity index is 683. The van der Waals surface area contributed by atoms with Gasteiger partial charge in [-0.1, -0.05) is 0 Å². The topological polar surface area (TPSA) is 74.5 Å². The second-order valence-corrected chi connectivity index (χ2v) is 4.58. The third-order valence-electron chi connectivity index (χ3n) is 3.22. The lowest BCUT2D eigenvalue weighted by molar-refractivity contribution is 0.573. The number of imidazole rings is 2. The number of nitrogens with two attached hydrogens (primary N) is 1. The molecule has 2 N–H and O–H groups in total. The first kappa shape index (κ1) is 11.7. The van der Waals surface area contributed by atoms with Crippen LogP contribution in [0.25, 0.3) is 11.2 Å². The molecule has 0 saturated heterocycles. The van der Waals surface area contributed by atoms with E-state index in [0.29, 0.717) is 5.95 Å². The molecule has 0 spiro atoms. The summed E-state index contributed by atoms with van der Waals surface area (Å²) in [5, 5.41) is 0. The van der Waals surface area contributed by atoms with Crippen LogP contribution in [0.4, 0.5) is 5.95 Å². The molecule has 0 aliphatic heterocycles. The highest BCUT2D eigenvalue weighted by molar-refractivity contribution is 5.77. The highest BCUT2D eigenvalue weighted by Gasteiger charge is 2.10. The minimum Gasteiger partial charge on any atom is -0.369 e. The summed E-state index contributed by atoms with van der Waals surface area (Å²) in [7, 11) is 0. The normalized spacial score (nSPS) is 11.2. The largest absolute Gasteiger partial charge is 0.369 e. The fraction of sp³-hybridized carbons (Fsp3) is 0.308. The highest BCUT2D eigenvalue weighted by Crippen LogP contribution is 2.19. The second-order valence-electron chi connectivity index (χ2n) is 4.58. The lowest BCUT2D eigenvalue weighted by Crippen LogP contribution is -2.06. The van der Waals surface area contributed by atoms with Gasteiger partial charge >= 0.3 is 0 Å². The number of fused-ring (bicyclic) bond motifs is 1. The fourth-order valence-electron chi connectivity index (χ4n) is 2.21. The van der Waals surface area contributed by atoms with Crippen molar-refractivity contribution in [1.82, 2.24) is 24.1 Å². The van der Waals surface area contributed by atoms with E-state index in [9.17, 15) is 0 Å². The first-order valence-electron chi connectivity index (χ1n) is 6.29. The molecule has 98 valence electrons. The Labute approximate surface area is 110 Å². The molecule has 3 rings (SSSR count). The van der Waals surface area contributed by atoms with Gasteiger partial charge in [0.25, 0.3) is 0 Å². The molecule has 6 nitrogen and oxygen atoms in total. The SMILES string of the molecule is Cc1ccnc2c1nc(N)n2CCCn1ccnc1. The summed E-state index contributed by atoms with van der Waals surface area (Å²) in [5.41, 5.74) is 8.83. The van der Waals surface area contributed by atoms with Crippen molar-refractivity contribution in [1.29, 1.82) is 0 Å². The van der Waals surface area contributed by atoms with Crippen molar-refractivity contribution in [3.05, 3.63) is 36.5 Å². The third kappa shape index (κ3) is 2.16. The number of rotatable bonds is 4. The molecule has 3 aromatic heterocycles. The molecule has 3 aromatic rings. The minimum atomic E-state index is 0.530. The summed E-state index contributed by atoms with van der Waals surface area (Å²) >= 11 is 0. The number of nitrogens with zero attached hydrogens (tertiary/aromatic N) is 5. The number of hydrogen-bond acceptors (Lipinski definition) is 4. The van der Waals surface area contributed by atoms with Crippen molar-refractivity contribution >= 4 is 17.1 Å². The molecule has 0 radical (unpaired) electrons. The molecule has 0 bridgehead atoms. The molecule has 0 aromatic carbocycles. The zero-order valence-electron chi connectivity index (χ0n) is 10.8. The first-order valence-corrected chi connectivity index (χ1v) is 6.29. The van der Waals surface area contributed by atoms with E-state index in [1.165, 1.54) is 0 Å². The van der Waals surface area contributed by atoms with Gasteiger partial charge in [0, 0.05) is 31.7 Å². The van der Waals surface area contributed by atoms with Gasteiger partial charge in [0.05, 0.1) is 6.33 Å². The summed E-state index contributed by atoms with van der Waals surface area (Å²) in [6, 6.07) is 1.95. The van der Waals surface area contributed by atoms with Gasteiger partial charge in [-0.15, -0.1) is 0 Å². The molecule has 19 heavy (non-hydrogen) atoms. The number of anilines is 1. The molecule has 6 heteroatoms. The van der Waals surface area contributed by atoms with Crippen LogP contribution in [0.2, 0.25) is 0 Å². The summed E-state index contributed by atoms with van der Waals surface area (Å²) in [6.45, 7) is 3.73. The van der Waals surface area contributed by atoms with Gasteiger partial charge in [0.1, 0.15) is 5.52 Å². The van der Waals surface area contributed by atoms with Gasteiger partial charge in [-0.25, -0.2) is 15.0 Å². The number of aryl methyl sites for hydroxylation is 3. The number of pyridine rings is 1. The molecular weight excluding hydrogens is 240 g/mol. The Morgan fingerprint density at radius 3 is 2.95 bits per heavy atom. The maximum atomic E-state index is 5.97. The van der Waals surface area contributed by atoms with Crippen LogP contribution >= 0.6 is 0 Å². The smallest absolute Gasteiger partial charge is 0.202 e. The van der Waals surface area contributed by atoms with E-state index in [2.05, 4.69) is 15.0 Å². The summed E-state index contributed by atoms with van der Waals surface area (Å²) < 4.78 is 4.02. The molecule has 0 fully saturated rings. The molecule has 0 atom stereocenters. The van der Waals surface area contributed by atoms with Gasteiger partial charge < -0.3 is 10.3 Å². The van der Waals surface area contributed by atoms with Crippen molar-refractivity contribution in [2.75, 3.05) is 5.73 Å². The van der Waals surface area contributed by atoms with Gasteiger partial charge in [-0.2, -0.15) is 0 Å². The molecular formula is C13H16N6. The van der Waals surface area contributed by atoms with Gasteiger partial charge in [0.15, 0.2) is 5.65 Å². The van der Waals surface area contributed by atoms with E-state index in [4.69, 9.17) is 5.73 Å².